The van der Waals surface area contributed by atoms with Crippen molar-refractivity contribution in [2.75, 3.05) is 5.32 Å². The van der Waals surface area contributed by atoms with Gasteiger partial charge < -0.3 is 5.32 Å². The van der Waals surface area contributed by atoms with Crippen molar-refractivity contribution in [2.24, 2.45) is 0 Å². The van der Waals surface area contributed by atoms with Crippen LogP contribution in [0, 0.1) is 6.92 Å². The Morgan fingerprint density at radius 2 is 1.82 bits per heavy atom. The number of carbonyl (C=O) groups excluding carboxylic acids is 1. The highest BCUT2D eigenvalue weighted by Gasteiger charge is 2.41. The van der Waals surface area contributed by atoms with Crippen molar-refractivity contribution in [2.45, 2.75) is 44.4 Å². The van der Waals surface area contributed by atoms with Crippen molar-refractivity contribution in [3.05, 3.63) is 59.9 Å². The first kappa shape index (κ1) is 14.8. The summed E-state index contributed by atoms with van der Waals surface area (Å²) in [5.74, 6) is 0.115. The first-order valence-corrected chi connectivity index (χ1v) is 7.99. The summed E-state index contributed by atoms with van der Waals surface area (Å²) in [6, 6.07) is 12.1. The molecule has 1 aliphatic rings. The molecule has 1 heterocycles. The lowest BCUT2D eigenvalue weighted by atomic mass is 9.68. The van der Waals surface area contributed by atoms with E-state index in [2.05, 4.69) is 41.5 Å². The summed E-state index contributed by atoms with van der Waals surface area (Å²) in [4.78, 5) is 17.1. The summed E-state index contributed by atoms with van der Waals surface area (Å²) in [7, 11) is 0. The number of pyridine rings is 1. The molecule has 1 amide bonds. The van der Waals surface area contributed by atoms with Gasteiger partial charge in [-0.1, -0.05) is 49.1 Å². The Bertz CT molecular complexity index is 645. The molecule has 1 saturated carbocycles. The molecule has 0 bridgehead atoms. The Kier molecular flexibility index (Phi) is 4.23. The lowest BCUT2D eigenvalue weighted by Crippen LogP contribution is -2.42. The number of carbonyl (C=O) groups is 1. The van der Waals surface area contributed by atoms with Gasteiger partial charge in [-0.3, -0.25) is 9.78 Å². The van der Waals surface area contributed by atoms with Crippen molar-refractivity contribution in [3.8, 4) is 0 Å². The smallest absolute Gasteiger partial charge is 0.235 e. The van der Waals surface area contributed by atoms with Gasteiger partial charge in [-0.25, -0.2) is 0 Å². The zero-order chi connectivity index (χ0) is 15.4. The van der Waals surface area contributed by atoms with Gasteiger partial charge in [-0.05, 0) is 37.5 Å². The number of anilines is 1. The van der Waals surface area contributed by atoms with Gasteiger partial charge in [0, 0.05) is 18.1 Å². The number of nitrogens with one attached hydrogen (secondary N) is 1. The second-order valence-electron chi connectivity index (χ2n) is 6.20. The van der Waals surface area contributed by atoms with Gasteiger partial charge in [0.05, 0.1) is 5.41 Å². The maximum absolute atomic E-state index is 13.1. The van der Waals surface area contributed by atoms with Crippen molar-refractivity contribution in [1.29, 1.82) is 0 Å². The molecule has 3 heteroatoms. The molecule has 0 atom stereocenters. The van der Waals surface area contributed by atoms with Crippen molar-refractivity contribution in [1.82, 2.24) is 4.98 Å². The minimum atomic E-state index is -0.395. The van der Waals surface area contributed by atoms with Crippen LogP contribution >= 0.6 is 0 Å². The van der Waals surface area contributed by atoms with Crippen LogP contribution in [0.1, 0.15) is 43.2 Å². The number of hydrogen-bond acceptors (Lipinski definition) is 2. The fraction of sp³-hybridized carbons (Fsp3) is 0.368. The third kappa shape index (κ3) is 2.89. The van der Waals surface area contributed by atoms with Crippen LogP contribution in [0.5, 0.6) is 0 Å². The fourth-order valence-corrected chi connectivity index (χ4v) is 3.43. The van der Waals surface area contributed by atoms with Gasteiger partial charge in [0.25, 0.3) is 0 Å². The molecule has 0 saturated heterocycles. The van der Waals surface area contributed by atoms with E-state index in [4.69, 9.17) is 0 Å². The highest BCUT2D eigenvalue weighted by atomic mass is 16.2. The van der Waals surface area contributed by atoms with Crippen molar-refractivity contribution in [3.63, 3.8) is 0 Å². The van der Waals surface area contributed by atoms with Crippen LogP contribution in [0.2, 0.25) is 0 Å². The molecule has 2 aromatic rings. The van der Waals surface area contributed by atoms with Crippen molar-refractivity contribution < 1.29 is 4.79 Å². The summed E-state index contributed by atoms with van der Waals surface area (Å²) in [5, 5.41) is 3.09. The molecule has 1 aromatic heterocycles. The topological polar surface area (TPSA) is 42.0 Å². The van der Waals surface area contributed by atoms with E-state index in [0.29, 0.717) is 0 Å². The van der Waals surface area contributed by atoms with Gasteiger partial charge in [-0.2, -0.15) is 0 Å². The maximum Gasteiger partial charge on any atom is 0.235 e. The van der Waals surface area contributed by atoms with E-state index >= 15 is 0 Å². The Labute approximate surface area is 131 Å². The van der Waals surface area contributed by atoms with Gasteiger partial charge >= 0.3 is 0 Å². The van der Waals surface area contributed by atoms with Crippen LogP contribution < -0.4 is 5.32 Å². The van der Waals surface area contributed by atoms with Crippen LogP contribution in [0.3, 0.4) is 0 Å². The molecule has 0 spiro atoms. The van der Waals surface area contributed by atoms with E-state index in [-0.39, 0.29) is 5.91 Å². The predicted molar refractivity (Wildman–Crippen MR) is 88.8 cm³/mol. The maximum atomic E-state index is 13.1. The first-order valence-electron chi connectivity index (χ1n) is 7.99. The van der Waals surface area contributed by atoms with Crippen LogP contribution in [0.25, 0.3) is 0 Å². The third-order valence-electron chi connectivity index (χ3n) is 4.65. The molecule has 3 rings (SSSR count). The van der Waals surface area contributed by atoms with E-state index < -0.39 is 5.41 Å². The van der Waals surface area contributed by atoms with E-state index in [0.717, 1.165) is 36.9 Å². The minimum Gasteiger partial charge on any atom is -0.325 e. The molecule has 1 fully saturated rings. The Morgan fingerprint density at radius 3 is 2.50 bits per heavy atom. The normalized spacial score (nSPS) is 17.0. The number of rotatable bonds is 3. The lowest BCUT2D eigenvalue weighted by Gasteiger charge is -2.36. The Morgan fingerprint density at radius 1 is 1.09 bits per heavy atom. The number of hydrogen-bond donors (Lipinski definition) is 1. The van der Waals surface area contributed by atoms with Gasteiger partial charge in [0.1, 0.15) is 0 Å². The first-order chi connectivity index (χ1) is 10.7. The number of aryl methyl sites for hydroxylation is 1. The molecular formula is C19H22N2O. The molecule has 3 nitrogen and oxygen atoms in total. The van der Waals surface area contributed by atoms with Gasteiger partial charge in [0.2, 0.25) is 5.91 Å². The minimum absolute atomic E-state index is 0.115. The van der Waals surface area contributed by atoms with Crippen LogP contribution in [-0.4, -0.2) is 10.9 Å². The highest BCUT2D eigenvalue weighted by molar-refractivity contribution is 5.99. The van der Waals surface area contributed by atoms with E-state index in [1.807, 2.05) is 12.1 Å². The average molecular weight is 294 g/mol. The predicted octanol–water partition coefficient (Wildman–Crippen LogP) is 4.23. The summed E-state index contributed by atoms with van der Waals surface area (Å²) >= 11 is 0. The molecule has 1 aromatic carbocycles. The van der Waals surface area contributed by atoms with Crippen LogP contribution in [0.4, 0.5) is 5.69 Å². The second kappa shape index (κ2) is 6.30. The second-order valence-corrected chi connectivity index (χ2v) is 6.20. The quantitative estimate of drug-likeness (QED) is 0.920. The Hall–Kier alpha value is -2.16. The molecule has 22 heavy (non-hydrogen) atoms. The molecule has 0 aliphatic heterocycles. The van der Waals surface area contributed by atoms with Crippen molar-refractivity contribution >= 4 is 11.6 Å². The summed E-state index contributed by atoms with van der Waals surface area (Å²) in [6.45, 7) is 2.08. The van der Waals surface area contributed by atoms with E-state index in [1.165, 1.54) is 12.0 Å². The number of nitrogens with zero attached hydrogens (tertiary/aromatic N) is 1. The molecular weight excluding hydrogens is 272 g/mol. The zero-order valence-corrected chi connectivity index (χ0v) is 13.0. The largest absolute Gasteiger partial charge is 0.325 e. The molecule has 1 aliphatic carbocycles. The molecule has 114 valence electrons. The summed E-state index contributed by atoms with van der Waals surface area (Å²) in [5.41, 5.74) is 2.78. The standard InChI is InChI=1S/C19H22N2O/c1-15-6-5-7-16(14-15)19(10-3-2-4-11-19)18(22)21-17-8-12-20-13-9-17/h5-9,12-14H,2-4,10-11H2,1H3,(H,20,21,22). The number of aromatic nitrogens is 1. The highest BCUT2D eigenvalue weighted by Crippen LogP contribution is 2.40. The molecule has 0 unspecified atom stereocenters. The van der Waals surface area contributed by atoms with Crippen LogP contribution in [0.15, 0.2) is 48.8 Å². The molecule has 0 radical (unpaired) electrons. The monoisotopic (exact) mass is 294 g/mol. The Balaban J connectivity index is 1.93. The SMILES string of the molecule is Cc1cccc(C2(C(=O)Nc3ccncc3)CCCCC2)c1. The summed E-state index contributed by atoms with van der Waals surface area (Å²) < 4.78 is 0. The zero-order valence-electron chi connectivity index (χ0n) is 13.0. The number of amides is 1. The summed E-state index contributed by atoms with van der Waals surface area (Å²) in [6.07, 6.45) is 8.69. The number of benzene rings is 1. The van der Waals surface area contributed by atoms with E-state index in [9.17, 15) is 4.79 Å². The van der Waals surface area contributed by atoms with Gasteiger partial charge in [0.15, 0.2) is 0 Å². The lowest BCUT2D eigenvalue weighted by molar-refractivity contribution is -0.122. The van der Waals surface area contributed by atoms with Crippen LogP contribution in [-0.2, 0) is 10.2 Å². The third-order valence-corrected chi connectivity index (χ3v) is 4.65. The average Bonchev–Trinajstić information content (AvgIpc) is 2.56. The fourth-order valence-electron chi connectivity index (χ4n) is 3.43. The van der Waals surface area contributed by atoms with Gasteiger partial charge in [-0.15, -0.1) is 0 Å². The van der Waals surface area contributed by atoms with E-state index in [1.54, 1.807) is 12.4 Å². The molecule has 1 N–H and O–H groups in total.